The fourth-order valence-electron chi connectivity index (χ4n) is 14.5. The fraction of sp³-hybridized carbons (Fsp3) is 0.506. The molecule has 3 heterocycles. The van der Waals surface area contributed by atoms with Crippen molar-refractivity contribution in [3.63, 3.8) is 0 Å². The summed E-state index contributed by atoms with van der Waals surface area (Å²) in [6.07, 6.45) is -3.10. The van der Waals surface area contributed by atoms with Crippen LogP contribution in [0.15, 0.2) is 146 Å². The van der Waals surface area contributed by atoms with Gasteiger partial charge >= 0.3 is 30.7 Å². The van der Waals surface area contributed by atoms with Gasteiger partial charge in [0.25, 0.3) is 0 Å². The number of hydrogen-bond donors (Lipinski definition) is 2. The highest BCUT2D eigenvalue weighted by Crippen LogP contribution is 2.54. The van der Waals surface area contributed by atoms with Gasteiger partial charge in [0.15, 0.2) is 0 Å². The lowest BCUT2D eigenvalue weighted by Gasteiger charge is -2.32. The van der Waals surface area contributed by atoms with Crippen LogP contribution in [-0.2, 0) is 72.1 Å². The van der Waals surface area contributed by atoms with Crippen molar-refractivity contribution in [2.45, 2.75) is 204 Å². The normalized spacial score (nSPS) is 23.2. The van der Waals surface area contributed by atoms with Gasteiger partial charge in [0, 0.05) is 119 Å². The van der Waals surface area contributed by atoms with E-state index >= 15 is 0 Å². The van der Waals surface area contributed by atoms with E-state index in [0.717, 1.165) is 110 Å². The van der Waals surface area contributed by atoms with E-state index in [0.29, 0.717) is 75.0 Å². The van der Waals surface area contributed by atoms with Crippen molar-refractivity contribution in [1.82, 2.24) is 30.2 Å². The van der Waals surface area contributed by atoms with Gasteiger partial charge in [-0.1, -0.05) is 109 Å². The summed E-state index contributed by atoms with van der Waals surface area (Å²) in [5.41, 5.74) is 6.40. The predicted octanol–water partition coefficient (Wildman–Crippen LogP) is 17.6. The first kappa shape index (κ1) is 71.6. The minimum atomic E-state index is -4.33. The van der Waals surface area contributed by atoms with Crippen LogP contribution in [-0.4, -0.2) is 100 Å². The predicted molar refractivity (Wildman–Crippen MR) is 361 cm³/mol. The molecule has 0 saturated heterocycles. The summed E-state index contributed by atoms with van der Waals surface area (Å²) >= 11 is 0. The highest BCUT2D eigenvalue weighted by Gasteiger charge is 2.55. The lowest BCUT2D eigenvalue weighted by atomic mass is 10.1. The number of carbonyl (C=O) groups excluding carboxylic acids is 3. The first-order valence-corrected chi connectivity index (χ1v) is 34.8. The lowest BCUT2D eigenvalue weighted by Crippen LogP contribution is -2.44. The molecule has 6 saturated carbocycles. The van der Waals surface area contributed by atoms with Crippen LogP contribution >= 0.6 is 0 Å². The molecule has 6 fully saturated rings. The number of alkyl halides is 9. The van der Waals surface area contributed by atoms with E-state index < -0.39 is 46.4 Å². The molecule has 530 valence electrons. The van der Waals surface area contributed by atoms with E-state index in [2.05, 4.69) is 75.0 Å². The van der Waals surface area contributed by atoms with Crippen molar-refractivity contribution in [2.75, 3.05) is 32.7 Å². The number of fused-ring (bicyclic) bond motifs is 3. The Hall–Kier alpha value is -7.26. The number of aldehydes is 1. The molecule has 99 heavy (non-hydrogen) atoms. The molecule has 15 rings (SSSR count). The lowest BCUT2D eigenvalue weighted by molar-refractivity contribution is -0.138. The van der Waals surface area contributed by atoms with Crippen LogP contribution in [0.1, 0.15) is 184 Å². The summed E-state index contributed by atoms with van der Waals surface area (Å²) in [5, 5.41) is 6.76. The standard InChI is InChI=1S/C28H33F3N2O2.C23H25F3N2.C19H25NO3.C9H8F3N/c1-26(2,3)35-25(34)33(24-14-23(24)19-7-5-4-6-8-19)18-27(11-12-27)17-32-15-20-9-10-22(28(29,30)31)13-21(20)16-32;24-23(25,26)19-7-6-17-12-28(13-18(17)10-19)15-22(8-9-22)14-27-21-11-20(21)16-4-2-1-3-5-16;1-18(2,3)23-17(22)20(12-19(13-21)9-10-19)16-11-15(16)14-7-5-4-6-8-14;10-9(11,12)8-2-1-6-4-13-5-7(6)3-8/h4-10,13,23-24H,11-12,14-18H2,1-3H3;1-7,10,20-21,27H,8-9,11-15H2;4-8,13,15-16H,9-12H2,1-3H3;1-3,13H,4-5H2/t23-,24+;20-,21+;15-,16+;/m111./s1. The number of amides is 2. The number of halogens is 9. The van der Waals surface area contributed by atoms with Crippen molar-refractivity contribution in [1.29, 1.82) is 0 Å². The average Bonchev–Trinajstić information content (AvgIpc) is 1.61. The molecule has 20 heteroatoms. The van der Waals surface area contributed by atoms with Gasteiger partial charge in [0.2, 0.25) is 0 Å². The van der Waals surface area contributed by atoms with E-state index in [1.807, 2.05) is 82.8 Å². The maximum atomic E-state index is 13.3. The van der Waals surface area contributed by atoms with E-state index in [-0.39, 0.29) is 35.1 Å². The van der Waals surface area contributed by atoms with Crippen LogP contribution < -0.4 is 10.6 Å². The molecule has 6 atom stereocenters. The Morgan fingerprint density at radius 3 is 1.27 bits per heavy atom. The second kappa shape index (κ2) is 27.9. The maximum Gasteiger partial charge on any atom is 0.416 e. The zero-order valence-corrected chi connectivity index (χ0v) is 57.3. The quantitative estimate of drug-likeness (QED) is 0.0682. The zero-order chi connectivity index (χ0) is 70.5. The Balaban J connectivity index is 0.000000131. The molecule has 11 nitrogen and oxygen atoms in total. The Morgan fingerprint density at radius 1 is 0.485 bits per heavy atom. The minimum absolute atomic E-state index is 0.0321. The molecule has 6 aromatic rings. The van der Waals surface area contributed by atoms with Gasteiger partial charge in [0.05, 0.1) is 16.7 Å². The highest BCUT2D eigenvalue weighted by atomic mass is 19.4. The number of rotatable bonds is 17. The molecule has 0 radical (unpaired) electrons. The fourth-order valence-corrected chi connectivity index (χ4v) is 14.5. The van der Waals surface area contributed by atoms with Crippen molar-refractivity contribution in [3.8, 4) is 0 Å². The summed E-state index contributed by atoms with van der Waals surface area (Å²) in [6.45, 7) is 18.9. The third-order valence-electron chi connectivity index (χ3n) is 20.8. The van der Waals surface area contributed by atoms with Crippen LogP contribution in [0.4, 0.5) is 49.1 Å². The average molecular weight is 1380 g/mol. The SMILES string of the molecule is CC(C)(C)OC(=O)N(CC1(C=O)CC1)[C@H]1C[C@@H]1c1ccccc1.CC(C)(C)OC(=O)N(CC1(CN2Cc3ccc(C(F)(F)F)cc3C2)CC1)[C@H]1C[C@@H]1c1ccccc1.FC(F)(F)c1ccc2c(c1)CN(CC1(CN[C@H]3C[C@@H]3c3ccccc3)CC1)C2.FC(F)(F)c1ccc2c(c1)CNC2. The third kappa shape index (κ3) is 18.6. The van der Waals surface area contributed by atoms with Gasteiger partial charge in [-0.3, -0.25) is 9.80 Å². The van der Waals surface area contributed by atoms with Crippen molar-refractivity contribution < 1.29 is 63.4 Å². The van der Waals surface area contributed by atoms with Crippen LogP contribution in [0.2, 0.25) is 0 Å². The Bertz CT molecular complexity index is 3820. The minimum Gasteiger partial charge on any atom is -0.444 e. The number of carbonyl (C=O) groups is 3. The molecule has 0 aromatic heterocycles. The van der Waals surface area contributed by atoms with Crippen molar-refractivity contribution in [2.24, 2.45) is 16.2 Å². The summed E-state index contributed by atoms with van der Waals surface area (Å²) in [5.74, 6) is 1.30. The molecule has 0 unspecified atom stereocenters. The number of benzene rings is 6. The van der Waals surface area contributed by atoms with Gasteiger partial charge in [0.1, 0.15) is 17.5 Å². The first-order valence-electron chi connectivity index (χ1n) is 34.8. The molecule has 6 aromatic carbocycles. The van der Waals surface area contributed by atoms with Gasteiger partial charge in [-0.05, 0) is 191 Å². The van der Waals surface area contributed by atoms with Gasteiger partial charge in [-0.15, -0.1) is 0 Å². The Labute approximate surface area is 575 Å². The van der Waals surface area contributed by atoms with Crippen LogP contribution in [0.3, 0.4) is 0 Å². The van der Waals surface area contributed by atoms with Crippen LogP contribution in [0.25, 0.3) is 0 Å². The topological polar surface area (TPSA) is 107 Å². The Kier molecular flexibility index (Phi) is 20.2. The van der Waals surface area contributed by atoms with Gasteiger partial charge < -0.3 is 34.7 Å². The molecular weight excluding hydrogens is 1280 g/mol. The number of nitrogens with one attached hydrogen (secondary N) is 2. The smallest absolute Gasteiger partial charge is 0.416 e. The summed E-state index contributed by atoms with van der Waals surface area (Å²) in [4.78, 5) is 45.5. The van der Waals surface area contributed by atoms with Crippen LogP contribution in [0.5, 0.6) is 0 Å². The van der Waals surface area contributed by atoms with Crippen molar-refractivity contribution in [3.05, 3.63) is 212 Å². The van der Waals surface area contributed by atoms with E-state index in [4.69, 9.17) is 9.47 Å². The largest absolute Gasteiger partial charge is 0.444 e. The molecule has 6 aliphatic carbocycles. The van der Waals surface area contributed by atoms with Crippen molar-refractivity contribution >= 4 is 18.5 Å². The molecule has 9 aliphatic rings. The molecule has 3 aliphatic heterocycles. The van der Waals surface area contributed by atoms with Gasteiger partial charge in [-0.2, -0.15) is 39.5 Å². The summed E-state index contributed by atoms with van der Waals surface area (Å²) < 4.78 is 126. The van der Waals surface area contributed by atoms with Gasteiger partial charge in [-0.25, -0.2) is 9.59 Å². The second-order valence-corrected chi connectivity index (χ2v) is 31.4. The first-order chi connectivity index (χ1) is 46.7. The third-order valence-corrected chi connectivity index (χ3v) is 20.8. The molecular formula is C79H91F9N6O5. The molecule has 0 spiro atoms. The number of nitrogens with zero attached hydrogens (tertiary/aromatic N) is 4. The highest BCUT2D eigenvalue weighted by molar-refractivity contribution is 5.72. The number of hydrogen-bond acceptors (Lipinski definition) is 9. The molecule has 0 bridgehead atoms. The summed E-state index contributed by atoms with van der Waals surface area (Å²) in [6, 6.07) is 44.2. The van der Waals surface area contributed by atoms with E-state index in [1.165, 1.54) is 72.4 Å². The molecule has 2 N–H and O–H groups in total. The van der Waals surface area contributed by atoms with Crippen LogP contribution in [0, 0.1) is 16.2 Å². The second-order valence-electron chi connectivity index (χ2n) is 31.4. The number of ether oxygens (including phenoxy) is 2. The van der Waals surface area contributed by atoms with E-state index in [9.17, 15) is 53.9 Å². The molecule has 2 amide bonds. The Morgan fingerprint density at radius 2 is 0.869 bits per heavy atom. The van der Waals surface area contributed by atoms with E-state index in [1.54, 1.807) is 17.0 Å². The zero-order valence-electron chi connectivity index (χ0n) is 57.3. The summed E-state index contributed by atoms with van der Waals surface area (Å²) in [7, 11) is 0. The monoisotopic (exact) mass is 1370 g/mol. The maximum absolute atomic E-state index is 13.3.